The fourth-order valence-electron chi connectivity index (χ4n) is 2.42. The highest BCUT2D eigenvalue weighted by atomic mass is 32.2. The molecule has 1 amide bonds. The molecule has 1 aromatic carbocycles. The predicted molar refractivity (Wildman–Crippen MR) is 97.0 cm³/mol. The zero-order valence-corrected chi connectivity index (χ0v) is 15.2. The minimum Gasteiger partial charge on any atom is -0.467 e. The largest absolute Gasteiger partial charge is 0.467 e. The Morgan fingerprint density at radius 2 is 2.08 bits per heavy atom. The molecule has 3 aromatic rings. The van der Waals surface area contributed by atoms with Crippen molar-refractivity contribution in [3.8, 4) is 11.4 Å². The number of nitrogens with zero attached hydrogens (tertiary/aromatic N) is 3. The van der Waals surface area contributed by atoms with Crippen molar-refractivity contribution >= 4 is 17.7 Å². The molecule has 0 saturated heterocycles. The summed E-state index contributed by atoms with van der Waals surface area (Å²) in [5.41, 5.74) is 2.18. The molecule has 0 fully saturated rings. The van der Waals surface area contributed by atoms with Crippen LogP contribution in [0.25, 0.3) is 11.4 Å². The summed E-state index contributed by atoms with van der Waals surface area (Å²) >= 11 is 1.38. The molecule has 0 aliphatic heterocycles. The molecule has 1 N–H and O–H groups in total. The van der Waals surface area contributed by atoms with E-state index >= 15 is 0 Å². The number of thioether (sulfide) groups is 1. The molecule has 130 valence electrons. The number of benzene rings is 1. The van der Waals surface area contributed by atoms with Crippen LogP contribution in [0.3, 0.4) is 0 Å². The van der Waals surface area contributed by atoms with Crippen molar-refractivity contribution in [3.05, 3.63) is 54.0 Å². The Morgan fingerprint density at radius 3 is 2.80 bits per heavy atom. The number of carbonyl (C=O) groups is 1. The number of hydrogen-bond donors (Lipinski definition) is 1. The molecule has 0 saturated carbocycles. The maximum atomic E-state index is 12.3. The third-order valence-electron chi connectivity index (χ3n) is 3.89. The SMILES string of the molecule is Cc1ccccc1-c1nnc(S[C@@H](C)C(=O)NCc2ccco2)n1C. The van der Waals surface area contributed by atoms with Gasteiger partial charge in [0.25, 0.3) is 0 Å². The predicted octanol–water partition coefficient (Wildman–Crippen LogP) is 3.18. The summed E-state index contributed by atoms with van der Waals surface area (Å²) in [5, 5.41) is 11.8. The maximum absolute atomic E-state index is 12.3. The lowest BCUT2D eigenvalue weighted by Crippen LogP contribution is -2.30. The van der Waals surface area contributed by atoms with Gasteiger partial charge < -0.3 is 14.3 Å². The number of hydrogen-bond acceptors (Lipinski definition) is 5. The van der Waals surface area contributed by atoms with Gasteiger partial charge in [0.2, 0.25) is 5.91 Å². The van der Waals surface area contributed by atoms with Crippen LogP contribution >= 0.6 is 11.8 Å². The number of aromatic nitrogens is 3. The first-order chi connectivity index (χ1) is 12.1. The van der Waals surface area contributed by atoms with Gasteiger partial charge in [-0.2, -0.15) is 0 Å². The molecule has 0 unspecified atom stereocenters. The van der Waals surface area contributed by atoms with E-state index in [1.807, 2.05) is 55.8 Å². The van der Waals surface area contributed by atoms with Gasteiger partial charge in [0, 0.05) is 12.6 Å². The van der Waals surface area contributed by atoms with Crippen molar-refractivity contribution in [1.29, 1.82) is 0 Å². The molecule has 2 heterocycles. The van der Waals surface area contributed by atoms with Crippen molar-refractivity contribution in [2.45, 2.75) is 30.8 Å². The van der Waals surface area contributed by atoms with E-state index in [0.717, 1.165) is 22.7 Å². The van der Waals surface area contributed by atoms with Crippen LogP contribution in [-0.2, 0) is 18.4 Å². The zero-order chi connectivity index (χ0) is 17.8. The van der Waals surface area contributed by atoms with Crippen molar-refractivity contribution in [2.75, 3.05) is 0 Å². The molecule has 3 rings (SSSR count). The molecule has 0 bridgehead atoms. The van der Waals surface area contributed by atoms with Crippen LogP contribution in [0.15, 0.2) is 52.2 Å². The van der Waals surface area contributed by atoms with E-state index in [4.69, 9.17) is 4.42 Å². The average Bonchev–Trinajstić information content (AvgIpc) is 3.24. The Kier molecular flexibility index (Phi) is 5.23. The van der Waals surface area contributed by atoms with Gasteiger partial charge in [-0.05, 0) is 31.5 Å². The molecule has 1 atom stereocenters. The molecule has 25 heavy (non-hydrogen) atoms. The number of aryl methyl sites for hydroxylation is 1. The fraction of sp³-hybridized carbons (Fsp3) is 0.278. The Hall–Kier alpha value is -2.54. The number of amides is 1. The lowest BCUT2D eigenvalue weighted by atomic mass is 10.1. The normalized spacial score (nSPS) is 12.1. The highest BCUT2D eigenvalue weighted by Crippen LogP contribution is 2.27. The minimum absolute atomic E-state index is 0.0677. The van der Waals surface area contributed by atoms with E-state index < -0.39 is 0 Å². The Labute approximate surface area is 150 Å². The smallest absolute Gasteiger partial charge is 0.233 e. The standard InChI is InChI=1S/C18H20N4O2S/c1-12-7-4-5-9-15(12)16-20-21-18(22(16)3)25-13(2)17(23)19-11-14-8-6-10-24-14/h4-10,13H,11H2,1-3H3,(H,19,23)/t13-/m0/s1. The first-order valence-corrected chi connectivity index (χ1v) is 8.86. The second-order valence-corrected chi connectivity index (χ2v) is 7.05. The summed E-state index contributed by atoms with van der Waals surface area (Å²) in [6, 6.07) is 11.7. The van der Waals surface area contributed by atoms with Crippen LogP contribution in [0.2, 0.25) is 0 Å². The third-order valence-corrected chi connectivity index (χ3v) is 5.02. The van der Waals surface area contributed by atoms with Crippen LogP contribution in [-0.4, -0.2) is 25.9 Å². The summed E-state index contributed by atoms with van der Waals surface area (Å²) in [6.45, 7) is 4.27. The van der Waals surface area contributed by atoms with Gasteiger partial charge >= 0.3 is 0 Å². The van der Waals surface area contributed by atoms with E-state index in [0.29, 0.717) is 11.7 Å². The van der Waals surface area contributed by atoms with Crippen LogP contribution in [0, 0.1) is 6.92 Å². The molecule has 0 aliphatic rings. The van der Waals surface area contributed by atoms with Crippen LogP contribution < -0.4 is 5.32 Å². The monoisotopic (exact) mass is 356 g/mol. The van der Waals surface area contributed by atoms with E-state index in [-0.39, 0.29) is 11.2 Å². The summed E-state index contributed by atoms with van der Waals surface area (Å²) < 4.78 is 7.14. The van der Waals surface area contributed by atoms with Crippen molar-refractivity contribution in [3.63, 3.8) is 0 Å². The highest BCUT2D eigenvalue weighted by molar-refractivity contribution is 8.00. The van der Waals surface area contributed by atoms with E-state index in [2.05, 4.69) is 15.5 Å². The molecule has 0 radical (unpaired) electrons. The van der Waals surface area contributed by atoms with Crippen molar-refractivity contribution < 1.29 is 9.21 Å². The molecule has 2 aromatic heterocycles. The lowest BCUT2D eigenvalue weighted by Gasteiger charge is -2.11. The number of rotatable bonds is 6. The van der Waals surface area contributed by atoms with Crippen LogP contribution in [0.4, 0.5) is 0 Å². The second kappa shape index (κ2) is 7.57. The van der Waals surface area contributed by atoms with Gasteiger partial charge in [-0.1, -0.05) is 36.0 Å². The average molecular weight is 356 g/mol. The topological polar surface area (TPSA) is 73.0 Å². The van der Waals surface area contributed by atoms with Crippen molar-refractivity contribution in [1.82, 2.24) is 20.1 Å². The van der Waals surface area contributed by atoms with Gasteiger partial charge in [0.05, 0.1) is 18.1 Å². The van der Waals surface area contributed by atoms with E-state index in [1.165, 1.54) is 11.8 Å². The zero-order valence-electron chi connectivity index (χ0n) is 14.4. The molecule has 6 nitrogen and oxygen atoms in total. The fourth-order valence-corrected chi connectivity index (χ4v) is 3.26. The molecule has 7 heteroatoms. The van der Waals surface area contributed by atoms with Crippen LogP contribution in [0.1, 0.15) is 18.2 Å². The molecular weight excluding hydrogens is 336 g/mol. The summed E-state index contributed by atoms with van der Waals surface area (Å²) in [7, 11) is 1.91. The quantitative estimate of drug-likeness (QED) is 0.687. The second-order valence-electron chi connectivity index (χ2n) is 5.74. The van der Waals surface area contributed by atoms with Crippen molar-refractivity contribution in [2.24, 2.45) is 7.05 Å². The van der Waals surface area contributed by atoms with Gasteiger partial charge in [-0.25, -0.2) is 0 Å². The maximum Gasteiger partial charge on any atom is 0.233 e. The van der Waals surface area contributed by atoms with Crippen LogP contribution in [0.5, 0.6) is 0 Å². The molecular formula is C18H20N4O2S. The van der Waals surface area contributed by atoms with Gasteiger partial charge in [-0.3, -0.25) is 4.79 Å². The number of carbonyl (C=O) groups excluding carboxylic acids is 1. The Morgan fingerprint density at radius 1 is 1.28 bits per heavy atom. The van der Waals surface area contributed by atoms with Gasteiger partial charge in [0.15, 0.2) is 11.0 Å². The number of furan rings is 1. The molecule has 0 spiro atoms. The Bertz CT molecular complexity index is 858. The third kappa shape index (κ3) is 3.93. The van der Waals surface area contributed by atoms with Gasteiger partial charge in [-0.15, -0.1) is 10.2 Å². The lowest BCUT2D eigenvalue weighted by molar-refractivity contribution is -0.120. The highest BCUT2D eigenvalue weighted by Gasteiger charge is 2.19. The van der Waals surface area contributed by atoms with Gasteiger partial charge in [0.1, 0.15) is 5.76 Å². The summed E-state index contributed by atoms with van der Waals surface area (Å²) in [5.74, 6) is 1.46. The van der Waals surface area contributed by atoms with E-state index in [1.54, 1.807) is 12.3 Å². The number of nitrogens with one attached hydrogen (secondary N) is 1. The minimum atomic E-state index is -0.289. The first kappa shape index (κ1) is 17.3. The first-order valence-electron chi connectivity index (χ1n) is 7.98. The van der Waals surface area contributed by atoms with E-state index in [9.17, 15) is 4.79 Å². The summed E-state index contributed by atoms with van der Waals surface area (Å²) in [6.07, 6.45) is 1.59. The molecule has 0 aliphatic carbocycles. The Balaban J connectivity index is 1.67. The summed E-state index contributed by atoms with van der Waals surface area (Å²) in [4.78, 5) is 12.3.